The molecule has 1 aliphatic heterocycles. The average Bonchev–Trinajstić information content (AvgIpc) is 2.56. The van der Waals surface area contributed by atoms with Crippen LogP contribution in [0.25, 0.3) is 0 Å². The topological polar surface area (TPSA) is 6.48 Å². The van der Waals surface area contributed by atoms with Gasteiger partial charge in [-0.1, -0.05) is 91.4 Å². The molecule has 0 amide bonds. The van der Waals surface area contributed by atoms with Crippen LogP contribution < -0.4 is 0 Å². The first kappa shape index (κ1) is 22.4. The van der Waals surface area contributed by atoms with Crippen molar-refractivity contribution in [2.45, 2.75) is 103 Å². The molecule has 0 aliphatic carbocycles. The van der Waals surface area contributed by atoms with Crippen molar-refractivity contribution in [2.75, 3.05) is 26.2 Å². The lowest BCUT2D eigenvalue weighted by atomic mass is 10.2. The summed E-state index contributed by atoms with van der Waals surface area (Å²) < 4.78 is 5.83. The van der Waals surface area contributed by atoms with Crippen molar-refractivity contribution in [1.29, 1.82) is 0 Å². The summed E-state index contributed by atoms with van der Waals surface area (Å²) in [6.45, 7) is 20.5. The van der Waals surface area contributed by atoms with Gasteiger partial charge in [0, 0.05) is 26.2 Å². The third-order valence-electron chi connectivity index (χ3n) is 6.28. The highest BCUT2D eigenvalue weighted by molar-refractivity contribution is 6.75. The number of unbranched alkanes of at least 4 members (excludes halogenated alkanes) is 6. The molecule has 0 aromatic carbocycles. The van der Waals surface area contributed by atoms with E-state index in [1.165, 1.54) is 89.6 Å². The highest BCUT2D eigenvalue weighted by Crippen LogP contribution is 2.25. The fourth-order valence-electron chi connectivity index (χ4n) is 4.20. The van der Waals surface area contributed by atoms with E-state index in [-0.39, 0.29) is 0 Å². The van der Waals surface area contributed by atoms with E-state index in [9.17, 15) is 0 Å². The lowest BCUT2D eigenvalue weighted by Crippen LogP contribution is -2.62. The van der Waals surface area contributed by atoms with E-state index >= 15 is 0 Å². The van der Waals surface area contributed by atoms with E-state index in [0.717, 1.165) is 0 Å². The molecule has 0 unspecified atom stereocenters. The Hall–Kier alpha value is 0.354. The number of nitrogens with zero attached hydrogens (tertiary/aromatic N) is 2. The van der Waals surface area contributed by atoms with Crippen molar-refractivity contribution in [3.8, 4) is 0 Å². The summed E-state index contributed by atoms with van der Waals surface area (Å²) in [4.78, 5) is 0. The molecule has 0 N–H and O–H groups in total. The Morgan fingerprint density at radius 1 is 0.542 bits per heavy atom. The van der Waals surface area contributed by atoms with Crippen LogP contribution in [0.15, 0.2) is 0 Å². The molecule has 2 nitrogen and oxygen atoms in total. The Balaban J connectivity index is 2.36. The minimum Gasteiger partial charge on any atom is -0.321 e. The zero-order valence-corrected chi connectivity index (χ0v) is 19.8. The lowest BCUT2D eigenvalue weighted by Gasteiger charge is -2.47. The van der Waals surface area contributed by atoms with E-state index < -0.39 is 16.5 Å². The third-order valence-corrected chi connectivity index (χ3v) is 13.7. The summed E-state index contributed by atoms with van der Waals surface area (Å²) in [6, 6.07) is 3.01. The van der Waals surface area contributed by atoms with Gasteiger partial charge in [-0.05, 0) is 12.1 Å². The van der Waals surface area contributed by atoms with Crippen molar-refractivity contribution in [1.82, 2.24) is 9.13 Å². The quantitative estimate of drug-likeness (QED) is 0.299. The third kappa shape index (κ3) is 7.71. The Morgan fingerprint density at radius 3 is 1.17 bits per heavy atom. The standard InChI is InChI=1S/C20H46N2Si2/c1-7-9-11-13-19-23(3,4)21-15-17-22(18-16-21)24(5,6)20-14-12-10-8-2/h7-20H2,1-6H3. The first-order valence-corrected chi connectivity index (χ1v) is 17.1. The van der Waals surface area contributed by atoms with Crippen molar-refractivity contribution in [3.63, 3.8) is 0 Å². The maximum atomic E-state index is 2.91. The summed E-state index contributed by atoms with van der Waals surface area (Å²) in [7, 11) is -2.31. The van der Waals surface area contributed by atoms with Crippen molar-refractivity contribution < 1.29 is 0 Å². The second-order valence-corrected chi connectivity index (χ2v) is 18.7. The molecule has 0 atom stereocenters. The van der Waals surface area contributed by atoms with Gasteiger partial charge in [-0.25, -0.2) is 0 Å². The zero-order chi connectivity index (χ0) is 18.1. The molecule has 4 heteroatoms. The number of hydrogen-bond acceptors (Lipinski definition) is 2. The summed E-state index contributed by atoms with van der Waals surface area (Å²) >= 11 is 0. The molecule has 24 heavy (non-hydrogen) atoms. The normalized spacial score (nSPS) is 18.2. The Kier molecular flexibility index (Phi) is 10.4. The summed E-state index contributed by atoms with van der Waals surface area (Å²) in [5.41, 5.74) is 0. The molecule has 0 bridgehead atoms. The highest BCUT2D eigenvalue weighted by atomic mass is 28.3. The van der Waals surface area contributed by atoms with E-state index in [2.05, 4.69) is 49.2 Å². The van der Waals surface area contributed by atoms with Crippen LogP contribution in [0.2, 0.25) is 38.3 Å². The minimum atomic E-state index is -1.16. The molecule has 1 aliphatic rings. The summed E-state index contributed by atoms with van der Waals surface area (Å²) in [5, 5.41) is 0. The minimum absolute atomic E-state index is 1.16. The van der Waals surface area contributed by atoms with Gasteiger partial charge >= 0.3 is 0 Å². The van der Waals surface area contributed by atoms with Gasteiger partial charge in [-0.15, -0.1) is 0 Å². The monoisotopic (exact) mass is 370 g/mol. The largest absolute Gasteiger partial charge is 0.321 e. The molecule has 0 aromatic rings. The molecule has 0 saturated carbocycles. The van der Waals surface area contributed by atoms with Crippen molar-refractivity contribution in [3.05, 3.63) is 0 Å². The maximum Gasteiger partial charge on any atom is 0.122 e. The van der Waals surface area contributed by atoms with Crippen LogP contribution in [-0.4, -0.2) is 51.8 Å². The van der Waals surface area contributed by atoms with Crippen LogP contribution in [-0.2, 0) is 0 Å². The second kappa shape index (κ2) is 11.1. The summed E-state index contributed by atoms with van der Waals surface area (Å²) in [6.07, 6.45) is 11.4. The number of piperazine rings is 1. The van der Waals surface area contributed by atoms with Crippen molar-refractivity contribution in [2.24, 2.45) is 0 Å². The van der Waals surface area contributed by atoms with Gasteiger partial charge in [0.05, 0.1) is 0 Å². The predicted molar refractivity (Wildman–Crippen MR) is 116 cm³/mol. The van der Waals surface area contributed by atoms with Gasteiger partial charge in [0.15, 0.2) is 0 Å². The molecule has 0 radical (unpaired) electrons. The van der Waals surface area contributed by atoms with E-state index in [1.54, 1.807) is 0 Å². The molecule has 1 rings (SSSR count). The smallest absolute Gasteiger partial charge is 0.122 e. The van der Waals surface area contributed by atoms with E-state index in [1.807, 2.05) is 0 Å². The molecular formula is C20H46N2Si2. The van der Waals surface area contributed by atoms with Crippen LogP contribution in [0.5, 0.6) is 0 Å². The van der Waals surface area contributed by atoms with Crippen LogP contribution in [0, 0.1) is 0 Å². The van der Waals surface area contributed by atoms with Gasteiger partial charge in [0.1, 0.15) is 16.5 Å². The Morgan fingerprint density at radius 2 is 0.875 bits per heavy atom. The summed E-state index contributed by atoms with van der Waals surface area (Å²) in [5.74, 6) is 0. The van der Waals surface area contributed by atoms with Gasteiger partial charge in [-0.2, -0.15) is 0 Å². The number of rotatable bonds is 12. The lowest BCUT2D eigenvalue weighted by molar-refractivity contribution is 0.260. The first-order valence-electron chi connectivity index (χ1n) is 10.8. The Labute approximate surface area is 155 Å². The van der Waals surface area contributed by atoms with E-state index in [0.29, 0.717) is 0 Å². The van der Waals surface area contributed by atoms with Gasteiger partial charge in [0.2, 0.25) is 0 Å². The van der Waals surface area contributed by atoms with Crippen LogP contribution in [0.1, 0.15) is 65.2 Å². The fourth-order valence-corrected chi connectivity index (χ4v) is 9.89. The van der Waals surface area contributed by atoms with Gasteiger partial charge < -0.3 is 9.13 Å². The van der Waals surface area contributed by atoms with Crippen LogP contribution >= 0.6 is 0 Å². The van der Waals surface area contributed by atoms with E-state index in [4.69, 9.17) is 0 Å². The maximum absolute atomic E-state index is 2.91. The van der Waals surface area contributed by atoms with Crippen LogP contribution in [0.4, 0.5) is 0 Å². The SMILES string of the molecule is CCCCCC[Si](C)(C)N1CCN([Si](C)(C)CCCCCC)CC1. The second-order valence-electron chi connectivity index (χ2n) is 9.22. The fraction of sp³-hybridized carbons (Fsp3) is 1.00. The molecule has 1 fully saturated rings. The molecular weight excluding hydrogens is 324 g/mol. The highest BCUT2D eigenvalue weighted by Gasteiger charge is 2.36. The number of hydrogen-bond donors (Lipinski definition) is 0. The van der Waals surface area contributed by atoms with Gasteiger partial charge in [0.25, 0.3) is 0 Å². The van der Waals surface area contributed by atoms with Crippen molar-refractivity contribution >= 4 is 16.5 Å². The molecule has 0 spiro atoms. The Bertz CT molecular complexity index is 292. The average molecular weight is 371 g/mol. The van der Waals surface area contributed by atoms with Crippen LogP contribution in [0.3, 0.4) is 0 Å². The molecule has 144 valence electrons. The molecule has 1 saturated heterocycles. The zero-order valence-electron chi connectivity index (χ0n) is 17.8. The first-order chi connectivity index (χ1) is 11.3. The van der Waals surface area contributed by atoms with Gasteiger partial charge in [-0.3, -0.25) is 0 Å². The predicted octanol–water partition coefficient (Wildman–Crippen LogP) is 6.17. The molecule has 0 aromatic heterocycles. The molecule has 1 heterocycles.